The molecule has 0 radical (unpaired) electrons. The molecule has 0 N–H and O–H groups in total. The van der Waals surface area contributed by atoms with E-state index in [2.05, 4.69) is 22.5 Å². The number of Topliss-reactive ketones (excluding diaryl/α,β-unsaturated/α-hetero) is 1. The van der Waals surface area contributed by atoms with Gasteiger partial charge in [-0.1, -0.05) is 35.9 Å². The van der Waals surface area contributed by atoms with Crippen molar-refractivity contribution in [3.05, 3.63) is 12.7 Å². The van der Waals surface area contributed by atoms with E-state index >= 15 is 0 Å². The van der Waals surface area contributed by atoms with Gasteiger partial charge in [-0.3, -0.25) is 4.79 Å². The number of hydrogen-bond donors (Lipinski definition) is 0. The average Bonchev–Trinajstić information content (AvgIpc) is 1.86. The Morgan fingerprint density at radius 2 is 2.20 bits per heavy atom. The highest BCUT2D eigenvalue weighted by atomic mass is 79.9. The molecule has 58 valence electrons. The molecule has 0 amide bonds. The fourth-order valence-electron chi connectivity index (χ4n) is 0.656. The van der Waals surface area contributed by atoms with Gasteiger partial charge in [-0.2, -0.15) is 0 Å². The maximum Gasteiger partial charge on any atom is 0.149 e. The van der Waals surface area contributed by atoms with Gasteiger partial charge in [0.1, 0.15) is 5.78 Å². The maximum absolute atomic E-state index is 11.1. The van der Waals surface area contributed by atoms with Gasteiger partial charge in [0.15, 0.2) is 0 Å². The van der Waals surface area contributed by atoms with Crippen LogP contribution in [0.25, 0.3) is 0 Å². The van der Waals surface area contributed by atoms with Crippen LogP contribution < -0.4 is 0 Å². The molecule has 0 heterocycles. The Hall–Kier alpha value is -0.110. The molecule has 0 bridgehead atoms. The fraction of sp³-hybridized carbons (Fsp3) is 0.625. The van der Waals surface area contributed by atoms with Gasteiger partial charge in [0.2, 0.25) is 0 Å². The Kier molecular flexibility index (Phi) is 3.87. The molecule has 0 aliphatic rings. The third kappa shape index (κ3) is 2.65. The molecule has 0 rings (SSSR count). The molecule has 2 heteroatoms. The molecular weight excluding hydrogens is 192 g/mol. The lowest BCUT2D eigenvalue weighted by atomic mass is 9.85. The summed E-state index contributed by atoms with van der Waals surface area (Å²) in [5.74, 6) is 0.229. The lowest BCUT2D eigenvalue weighted by Crippen LogP contribution is -2.24. The summed E-state index contributed by atoms with van der Waals surface area (Å²) in [6.45, 7) is 7.45. The minimum Gasteiger partial charge on any atom is -0.298 e. The van der Waals surface area contributed by atoms with E-state index in [4.69, 9.17) is 0 Å². The predicted octanol–water partition coefficient (Wildman–Crippen LogP) is 2.55. The molecule has 0 aromatic rings. The van der Waals surface area contributed by atoms with E-state index in [1.54, 1.807) is 6.08 Å². The minimum absolute atomic E-state index is 0.229. The standard InChI is InChI=1S/C8H13BrO/c1-4-5-8(2,3)7(10)6-9/h4H,1,5-6H2,2-3H3. The largest absolute Gasteiger partial charge is 0.298 e. The summed E-state index contributed by atoms with van der Waals surface area (Å²) in [7, 11) is 0. The van der Waals surface area contributed by atoms with Crippen LogP contribution in [0.2, 0.25) is 0 Å². The zero-order valence-electron chi connectivity index (χ0n) is 6.48. The first-order valence-corrected chi connectivity index (χ1v) is 4.37. The monoisotopic (exact) mass is 204 g/mol. The van der Waals surface area contributed by atoms with E-state index < -0.39 is 0 Å². The molecule has 0 unspecified atom stereocenters. The highest BCUT2D eigenvalue weighted by molar-refractivity contribution is 9.09. The van der Waals surface area contributed by atoms with Crippen LogP contribution in [0.15, 0.2) is 12.7 Å². The van der Waals surface area contributed by atoms with Gasteiger partial charge >= 0.3 is 0 Å². The van der Waals surface area contributed by atoms with E-state index in [-0.39, 0.29) is 11.2 Å². The second-order valence-corrected chi connectivity index (χ2v) is 3.49. The lowest BCUT2D eigenvalue weighted by Gasteiger charge is -2.19. The maximum atomic E-state index is 11.1. The molecule has 0 saturated carbocycles. The van der Waals surface area contributed by atoms with Crippen molar-refractivity contribution < 1.29 is 4.79 Å². The van der Waals surface area contributed by atoms with E-state index in [9.17, 15) is 4.79 Å². The van der Waals surface area contributed by atoms with Crippen molar-refractivity contribution >= 4 is 21.7 Å². The van der Waals surface area contributed by atoms with Crippen LogP contribution in [0.1, 0.15) is 20.3 Å². The van der Waals surface area contributed by atoms with Crippen LogP contribution in [-0.4, -0.2) is 11.1 Å². The second kappa shape index (κ2) is 3.91. The number of rotatable bonds is 4. The summed E-state index contributed by atoms with van der Waals surface area (Å²) in [6, 6.07) is 0. The van der Waals surface area contributed by atoms with Gasteiger partial charge in [0.25, 0.3) is 0 Å². The van der Waals surface area contributed by atoms with Gasteiger partial charge in [-0.05, 0) is 6.42 Å². The molecule has 0 saturated heterocycles. The summed E-state index contributed by atoms with van der Waals surface area (Å²) in [6.07, 6.45) is 2.53. The van der Waals surface area contributed by atoms with Crippen molar-refractivity contribution in [3.63, 3.8) is 0 Å². The topological polar surface area (TPSA) is 17.1 Å². The van der Waals surface area contributed by atoms with Gasteiger partial charge < -0.3 is 0 Å². The van der Waals surface area contributed by atoms with E-state index in [0.29, 0.717) is 5.33 Å². The molecule has 1 nitrogen and oxygen atoms in total. The number of alkyl halides is 1. The Balaban J connectivity index is 4.08. The number of allylic oxidation sites excluding steroid dienone is 1. The number of carbonyl (C=O) groups is 1. The SMILES string of the molecule is C=CCC(C)(C)C(=O)CBr. The van der Waals surface area contributed by atoms with Crippen molar-refractivity contribution in [2.24, 2.45) is 5.41 Å². The number of hydrogen-bond acceptors (Lipinski definition) is 1. The second-order valence-electron chi connectivity index (χ2n) is 2.93. The van der Waals surface area contributed by atoms with E-state index in [0.717, 1.165) is 6.42 Å². The molecule has 10 heavy (non-hydrogen) atoms. The number of ketones is 1. The molecule has 0 aromatic heterocycles. The van der Waals surface area contributed by atoms with Gasteiger partial charge in [0, 0.05) is 5.41 Å². The van der Waals surface area contributed by atoms with Crippen molar-refractivity contribution in [2.75, 3.05) is 5.33 Å². The highest BCUT2D eigenvalue weighted by Crippen LogP contribution is 2.22. The Bertz CT molecular complexity index is 138. The Morgan fingerprint density at radius 1 is 1.70 bits per heavy atom. The molecule has 0 spiro atoms. The van der Waals surface area contributed by atoms with Gasteiger partial charge in [-0.25, -0.2) is 0 Å². The van der Waals surface area contributed by atoms with Crippen molar-refractivity contribution in [2.45, 2.75) is 20.3 Å². The van der Waals surface area contributed by atoms with Crippen LogP contribution in [0.5, 0.6) is 0 Å². The summed E-state index contributed by atoms with van der Waals surface area (Å²) >= 11 is 3.14. The first kappa shape index (κ1) is 9.89. The summed E-state index contributed by atoms with van der Waals surface area (Å²) in [5, 5.41) is 0.438. The van der Waals surface area contributed by atoms with E-state index in [1.165, 1.54) is 0 Å². The van der Waals surface area contributed by atoms with Crippen LogP contribution in [0, 0.1) is 5.41 Å². The van der Waals surface area contributed by atoms with Crippen LogP contribution >= 0.6 is 15.9 Å². The minimum atomic E-state index is -0.245. The molecular formula is C8H13BrO. The number of carbonyl (C=O) groups excluding carboxylic acids is 1. The normalized spacial score (nSPS) is 11.1. The number of halogens is 1. The Morgan fingerprint density at radius 3 is 2.50 bits per heavy atom. The lowest BCUT2D eigenvalue weighted by molar-refractivity contribution is -0.124. The van der Waals surface area contributed by atoms with Crippen molar-refractivity contribution in [3.8, 4) is 0 Å². The van der Waals surface area contributed by atoms with Gasteiger partial charge in [-0.15, -0.1) is 6.58 Å². The molecule has 0 atom stereocenters. The first-order valence-electron chi connectivity index (χ1n) is 3.24. The molecule has 0 fully saturated rings. The zero-order valence-corrected chi connectivity index (χ0v) is 8.07. The molecule has 0 aliphatic heterocycles. The van der Waals surface area contributed by atoms with Crippen LogP contribution in [-0.2, 0) is 4.79 Å². The third-order valence-corrected chi connectivity index (χ3v) is 2.04. The summed E-state index contributed by atoms with van der Waals surface area (Å²) in [5.41, 5.74) is -0.245. The van der Waals surface area contributed by atoms with Gasteiger partial charge in [0.05, 0.1) is 5.33 Å². The van der Waals surface area contributed by atoms with E-state index in [1.807, 2.05) is 13.8 Å². The van der Waals surface area contributed by atoms with Crippen LogP contribution in [0.4, 0.5) is 0 Å². The Labute approximate surface area is 70.6 Å². The average molecular weight is 205 g/mol. The predicted molar refractivity (Wildman–Crippen MR) is 47.4 cm³/mol. The quantitative estimate of drug-likeness (QED) is 0.509. The first-order chi connectivity index (χ1) is 4.54. The highest BCUT2D eigenvalue weighted by Gasteiger charge is 2.23. The fourth-order valence-corrected chi connectivity index (χ4v) is 1.41. The molecule has 0 aliphatic carbocycles. The van der Waals surface area contributed by atoms with Crippen molar-refractivity contribution in [1.29, 1.82) is 0 Å². The smallest absolute Gasteiger partial charge is 0.149 e. The zero-order chi connectivity index (χ0) is 8.20. The van der Waals surface area contributed by atoms with Crippen molar-refractivity contribution in [1.82, 2.24) is 0 Å². The summed E-state index contributed by atoms with van der Waals surface area (Å²) in [4.78, 5) is 11.1. The third-order valence-electron chi connectivity index (χ3n) is 1.53. The summed E-state index contributed by atoms with van der Waals surface area (Å²) < 4.78 is 0. The van der Waals surface area contributed by atoms with Crippen LogP contribution in [0.3, 0.4) is 0 Å². The molecule has 0 aromatic carbocycles.